The molecule has 0 amide bonds. The van der Waals surface area contributed by atoms with Crippen molar-refractivity contribution in [2.75, 3.05) is 25.4 Å². The van der Waals surface area contributed by atoms with Crippen LogP contribution in [0.15, 0.2) is 0 Å². The van der Waals surface area contributed by atoms with E-state index in [0.29, 0.717) is 6.54 Å². The largest absolute Gasteiger partial charge is 0.441 e. The van der Waals surface area contributed by atoms with Crippen molar-refractivity contribution >= 4 is 23.4 Å². The zero-order valence-electron chi connectivity index (χ0n) is 7.69. The highest BCUT2D eigenvalue weighted by Gasteiger charge is 2.28. The molecule has 0 saturated carbocycles. The summed E-state index contributed by atoms with van der Waals surface area (Å²) in [6.07, 6.45) is 1.77. The molecule has 0 atom stereocenters. The van der Waals surface area contributed by atoms with Crippen LogP contribution in [0.4, 0.5) is 13.2 Å². The van der Waals surface area contributed by atoms with Crippen LogP contribution in [0, 0.1) is 0 Å². The van der Waals surface area contributed by atoms with Gasteiger partial charge >= 0.3 is 5.51 Å². The zero-order valence-corrected chi connectivity index (χ0v) is 9.26. The number of hydrogen-bond acceptors (Lipinski definition) is 2. The Hall–Kier alpha value is 0.390. The average molecular weight is 248 g/mol. The van der Waals surface area contributed by atoms with Crippen LogP contribution in [0.25, 0.3) is 0 Å². The molecule has 1 fully saturated rings. The number of rotatable bonds is 3. The summed E-state index contributed by atoms with van der Waals surface area (Å²) in [7, 11) is 0. The maximum Gasteiger partial charge on any atom is 0.441 e. The van der Waals surface area contributed by atoms with Crippen molar-refractivity contribution in [2.24, 2.45) is 0 Å². The lowest BCUT2D eigenvalue weighted by Crippen LogP contribution is -2.35. The summed E-state index contributed by atoms with van der Waals surface area (Å²) >= 11 is 5.93. The fourth-order valence-corrected chi connectivity index (χ4v) is 2.19. The molecule has 0 aromatic carbocycles. The van der Waals surface area contributed by atoms with Crippen LogP contribution in [0.3, 0.4) is 0 Å². The molecule has 1 nitrogen and oxygen atoms in total. The van der Waals surface area contributed by atoms with E-state index in [2.05, 4.69) is 0 Å². The Balaban J connectivity index is 2.08. The van der Waals surface area contributed by atoms with Gasteiger partial charge in [0.25, 0.3) is 0 Å². The van der Waals surface area contributed by atoms with E-state index in [1.165, 1.54) is 0 Å². The second kappa shape index (κ2) is 5.47. The van der Waals surface area contributed by atoms with Gasteiger partial charge in [-0.3, -0.25) is 0 Å². The lowest BCUT2D eigenvalue weighted by molar-refractivity contribution is -0.0328. The van der Waals surface area contributed by atoms with Crippen LogP contribution in [0.5, 0.6) is 0 Å². The summed E-state index contributed by atoms with van der Waals surface area (Å²) in [6.45, 7) is 2.16. The average Bonchev–Trinajstić information content (AvgIpc) is 2.06. The Morgan fingerprint density at radius 3 is 2.36 bits per heavy atom. The molecule has 14 heavy (non-hydrogen) atoms. The molecule has 84 valence electrons. The van der Waals surface area contributed by atoms with E-state index in [9.17, 15) is 13.2 Å². The molecule has 0 aliphatic carbocycles. The zero-order chi connectivity index (χ0) is 10.6. The van der Waals surface area contributed by atoms with Gasteiger partial charge in [-0.15, -0.1) is 11.6 Å². The SMILES string of the molecule is FC(F)(F)SCCN1CCC(Cl)CC1. The van der Waals surface area contributed by atoms with Gasteiger partial charge < -0.3 is 4.90 Å². The predicted octanol–water partition coefficient (Wildman–Crippen LogP) is 2.94. The van der Waals surface area contributed by atoms with E-state index in [0.717, 1.165) is 25.9 Å². The Morgan fingerprint density at radius 2 is 1.86 bits per heavy atom. The molecule has 6 heteroatoms. The van der Waals surface area contributed by atoms with Gasteiger partial charge in [-0.05, 0) is 37.7 Å². The lowest BCUT2D eigenvalue weighted by Gasteiger charge is -2.28. The number of halogens is 4. The quantitative estimate of drug-likeness (QED) is 0.706. The lowest BCUT2D eigenvalue weighted by atomic mass is 10.1. The number of alkyl halides is 4. The third kappa shape index (κ3) is 5.32. The van der Waals surface area contributed by atoms with Gasteiger partial charge in [0.2, 0.25) is 0 Å². The molecule has 0 N–H and O–H groups in total. The van der Waals surface area contributed by atoms with Crippen molar-refractivity contribution in [2.45, 2.75) is 23.7 Å². The first-order valence-electron chi connectivity index (χ1n) is 4.54. The summed E-state index contributed by atoms with van der Waals surface area (Å²) in [5.74, 6) is 0.121. The highest BCUT2D eigenvalue weighted by molar-refractivity contribution is 8.00. The summed E-state index contributed by atoms with van der Waals surface area (Å²) < 4.78 is 35.4. The van der Waals surface area contributed by atoms with Gasteiger partial charge in [-0.1, -0.05) is 0 Å². The van der Waals surface area contributed by atoms with Crippen molar-refractivity contribution in [3.63, 3.8) is 0 Å². The molecule has 0 radical (unpaired) electrons. The third-order valence-corrected chi connectivity index (χ3v) is 3.34. The molecule has 0 bridgehead atoms. The Morgan fingerprint density at radius 1 is 1.29 bits per heavy atom. The first-order valence-corrected chi connectivity index (χ1v) is 5.97. The van der Waals surface area contributed by atoms with E-state index in [1.807, 2.05) is 4.90 Å². The molecule has 0 unspecified atom stereocenters. The monoisotopic (exact) mass is 247 g/mol. The first-order chi connectivity index (χ1) is 6.47. The summed E-state index contributed by atoms with van der Waals surface area (Å²) in [4.78, 5) is 2.04. The van der Waals surface area contributed by atoms with E-state index < -0.39 is 5.51 Å². The number of piperidine rings is 1. The molecule has 0 aromatic heterocycles. The maximum atomic E-state index is 11.8. The molecular weight excluding hydrogens is 235 g/mol. The molecule has 0 spiro atoms. The molecule has 1 aliphatic rings. The van der Waals surface area contributed by atoms with Crippen molar-refractivity contribution in [1.82, 2.24) is 4.90 Å². The smallest absolute Gasteiger partial charge is 0.302 e. The normalized spacial score (nSPS) is 21.4. The number of thioether (sulfide) groups is 1. The highest BCUT2D eigenvalue weighted by atomic mass is 35.5. The van der Waals surface area contributed by atoms with Gasteiger partial charge in [0.1, 0.15) is 0 Å². The predicted molar refractivity (Wildman–Crippen MR) is 53.8 cm³/mol. The van der Waals surface area contributed by atoms with Gasteiger partial charge in [0.05, 0.1) is 0 Å². The second-order valence-corrected chi connectivity index (χ2v) is 5.09. The molecule has 1 saturated heterocycles. The standard InChI is InChI=1S/C8H13ClF3NS/c9-7-1-3-13(4-2-7)5-6-14-8(10,11)12/h7H,1-6H2. The summed E-state index contributed by atoms with van der Waals surface area (Å²) in [5, 5.41) is 0.210. The number of likely N-dealkylation sites (tertiary alicyclic amines) is 1. The highest BCUT2D eigenvalue weighted by Crippen LogP contribution is 2.30. The van der Waals surface area contributed by atoms with Crippen LogP contribution in [0.1, 0.15) is 12.8 Å². The maximum absolute atomic E-state index is 11.8. The minimum Gasteiger partial charge on any atom is -0.302 e. The van der Waals surface area contributed by atoms with Crippen LogP contribution in [0.2, 0.25) is 0 Å². The van der Waals surface area contributed by atoms with Crippen molar-refractivity contribution in [1.29, 1.82) is 0 Å². The molecule has 1 heterocycles. The van der Waals surface area contributed by atoms with Gasteiger partial charge in [-0.2, -0.15) is 13.2 Å². The van der Waals surface area contributed by atoms with Gasteiger partial charge in [-0.25, -0.2) is 0 Å². The van der Waals surface area contributed by atoms with Gasteiger partial charge in [0, 0.05) is 17.7 Å². The van der Waals surface area contributed by atoms with Crippen LogP contribution in [-0.2, 0) is 0 Å². The Kier molecular flexibility index (Phi) is 4.87. The molecule has 1 aliphatic heterocycles. The molecule has 0 aromatic rings. The fourth-order valence-electron chi connectivity index (χ4n) is 1.42. The second-order valence-electron chi connectivity index (χ2n) is 3.31. The summed E-state index contributed by atoms with van der Waals surface area (Å²) in [6, 6.07) is 0. The fraction of sp³-hybridized carbons (Fsp3) is 1.00. The van der Waals surface area contributed by atoms with Crippen LogP contribution < -0.4 is 0 Å². The Bertz CT molecular complexity index is 168. The molecular formula is C8H13ClF3NS. The topological polar surface area (TPSA) is 3.24 Å². The third-order valence-electron chi connectivity index (χ3n) is 2.19. The summed E-state index contributed by atoms with van der Waals surface area (Å²) in [5.41, 5.74) is -4.09. The van der Waals surface area contributed by atoms with Crippen molar-refractivity contribution in [3.8, 4) is 0 Å². The van der Waals surface area contributed by atoms with Crippen LogP contribution >= 0.6 is 23.4 Å². The van der Waals surface area contributed by atoms with Crippen molar-refractivity contribution < 1.29 is 13.2 Å². The van der Waals surface area contributed by atoms with E-state index >= 15 is 0 Å². The first kappa shape index (κ1) is 12.5. The van der Waals surface area contributed by atoms with Gasteiger partial charge in [0.15, 0.2) is 0 Å². The van der Waals surface area contributed by atoms with E-state index in [1.54, 1.807) is 0 Å². The van der Waals surface area contributed by atoms with Crippen molar-refractivity contribution in [3.05, 3.63) is 0 Å². The minimum absolute atomic E-state index is 0.0534. The van der Waals surface area contributed by atoms with E-state index in [-0.39, 0.29) is 22.9 Å². The number of nitrogens with zero attached hydrogens (tertiary/aromatic N) is 1. The minimum atomic E-state index is -4.09. The number of hydrogen-bond donors (Lipinski definition) is 0. The van der Waals surface area contributed by atoms with Crippen LogP contribution in [-0.4, -0.2) is 41.2 Å². The van der Waals surface area contributed by atoms with E-state index in [4.69, 9.17) is 11.6 Å². The molecule has 1 rings (SSSR count). The Labute approximate surface area is 91.0 Å².